The van der Waals surface area contributed by atoms with E-state index in [0.29, 0.717) is 11.8 Å². The number of fused-ring (bicyclic) bond motifs is 1. The molecule has 0 saturated carbocycles. The quantitative estimate of drug-likeness (QED) is 0.900. The van der Waals surface area contributed by atoms with E-state index in [2.05, 4.69) is 30.2 Å². The Morgan fingerprint density at radius 1 is 1.47 bits per heavy atom. The first-order chi connectivity index (χ1) is 9.15. The van der Waals surface area contributed by atoms with Gasteiger partial charge < -0.3 is 10.4 Å². The summed E-state index contributed by atoms with van der Waals surface area (Å²) < 4.78 is 0. The molecule has 1 aromatic carbocycles. The minimum Gasteiger partial charge on any atom is -0.508 e. The third-order valence-electron chi connectivity index (χ3n) is 3.71. The van der Waals surface area contributed by atoms with E-state index in [1.165, 1.54) is 10.4 Å². The molecule has 1 aromatic heterocycles. The molecule has 1 aliphatic carbocycles. The highest BCUT2D eigenvalue weighted by atomic mass is 32.1. The van der Waals surface area contributed by atoms with Crippen molar-refractivity contribution in [3.05, 3.63) is 45.4 Å². The number of hydrogen-bond acceptors (Lipinski definition) is 4. The molecule has 0 fully saturated rings. The smallest absolute Gasteiger partial charge is 0.119 e. The van der Waals surface area contributed by atoms with Gasteiger partial charge in [-0.1, -0.05) is 12.1 Å². The summed E-state index contributed by atoms with van der Waals surface area (Å²) in [7, 11) is 0. The predicted octanol–water partition coefficient (Wildman–Crippen LogP) is 3.50. The molecular formula is C15H18N2OS. The van der Waals surface area contributed by atoms with E-state index in [4.69, 9.17) is 0 Å². The summed E-state index contributed by atoms with van der Waals surface area (Å²) in [6, 6.07) is 6.37. The zero-order chi connectivity index (χ0) is 13.4. The molecule has 2 unspecified atom stereocenters. The number of phenolic OH excluding ortho intramolecular Hbond substituents is 1. The van der Waals surface area contributed by atoms with Crippen LogP contribution in [0.1, 0.15) is 46.4 Å². The number of nitrogens with one attached hydrogen (secondary N) is 1. The van der Waals surface area contributed by atoms with E-state index >= 15 is 0 Å². The first-order valence-corrected chi connectivity index (χ1v) is 7.46. The summed E-state index contributed by atoms with van der Waals surface area (Å²) in [6.07, 6.45) is 3.91. The maximum Gasteiger partial charge on any atom is 0.119 e. The van der Waals surface area contributed by atoms with Gasteiger partial charge in [0.25, 0.3) is 0 Å². The van der Waals surface area contributed by atoms with Gasteiger partial charge in [-0.2, -0.15) is 0 Å². The minimum atomic E-state index is 0.247. The van der Waals surface area contributed by atoms with E-state index in [1.54, 1.807) is 17.4 Å². The Bertz CT molecular complexity index is 594. The van der Waals surface area contributed by atoms with Crippen molar-refractivity contribution in [2.75, 3.05) is 0 Å². The molecule has 0 radical (unpaired) electrons. The first-order valence-electron chi connectivity index (χ1n) is 6.64. The third kappa shape index (κ3) is 2.38. The van der Waals surface area contributed by atoms with Crippen molar-refractivity contribution >= 4 is 11.3 Å². The molecule has 0 aliphatic heterocycles. The zero-order valence-electron chi connectivity index (χ0n) is 11.2. The van der Waals surface area contributed by atoms with E-state index in [0.717, 1.165) is 23.4 Å². The van der Waals surface area contributed by atoms with Crippen molar-refractivity contribution in [2.24, 2.45) is 0 Å². The van der Waals surface area contributed by atoms with Gasteiger partial charge in [-0.25, -0.2) is 4.98 Å². The normalized spacial score (nSPS) is 19.4. The second kappa shape index (κ2) is 4.94. The molecule has 3 nitrogen and oxygen atoms in total. The second-order valence-corrected chi connectivity index (χ2v) is 6.40. The van der Waals surface area contributed by atoms with Crippen molar-refractivity contribution in [3.63, 3.8) is 0 Å². The highest BCUT2D eigenvalue weighted by molar-refractivity contribution is 7.11. The Morgan fingerprint density at radius 2 is 2.32 bits per heavy atom. The molecule has 2 aromatic rings. The maximum absolute atomic E-state index is 9.87. The van der Waals surface area contributed by atoms with Crippen molar-refractivity contribution in [3.8, 4) is 5.75 Å². The Hall–Kier alpha value is -1.39. The average Bonchev–Trinajstić information content (AvgIpc) is 2.98. The zero-order valence-corrected chi connectivity index (χ0v) is 12.0. The number of phenols is 1. The number of rotatable bonds is 3. The number of hydrogen-bond donors (Lipinski definition) is 2. The molecule has 3 rings (SSSR count). The summed E-state index contributed by atoms with van der Waals surface area (Å²) >= 11 is 1.74. The van der Waals surface area contributed by atoms with Crippen molar-refractivity contribution in [1.29, 1.82) is 0 Å². The molecule has 0 saturated heterocycles. The van der Waals surface area contributed by atoms with E-state index in [-0.39, 0.29) is 6.04 Å². The molecule has 2 atom stereocenters. The third-order valence-corrected chi connectivity index (χ3v) is 4.80. The van der Waals surface area contributed by atoms with Gasteiger partial charge in [0.1, 0.15) is 10.8 Å². The van der Waals surface area contributed by atoms with Crippen molar-refractivity contribution < 1.29 is 5.11 Å². The predicted molar refractivity (Wildman–Crippen MR) is 77.6 cm³/mol. The minimum absolute atomic E-state index is 0.247. The lowest BCUT2D eigenvalue weighted by Crippen LogP contribution is -2.22. The Balaban J connectivity index is 1.78. The number of benzene rings is 1. The lowest BCUT2D eigenvalue weighted by Gasteiger charge is -2.18. The molecule has 4 heteroatoms. The number of thiazole rings is 1. The molecular weight excluding hydrogens is 256 g/mol. The van der Waals surface area contributed by atoms with Gasteiger partial charge in [0, 0.05) is 17.1 Å². The highest BCUT2D eigenvalue weighted by Crippen LogP contribution is 2.37. The van der Waals surface area contributed by atoms with E-state index < -0.39 is 0 Å². The van der Waals surface area contributed by atoms with Gasteiger partial charge in [-0.3, -0.25) is 0 Å². The monoisotopic (exact) mass is 274 g/mol. The molecule has 1 heterocycles. The van der Waals surface area contributed by atoms with Crippen molar-refractivity contribution in [2.45, 2.75) is 38.8 Å². The van der Waals surface area contributed by atoms with Crippen LogP contribution in [0.5, 0.6) is 5.75 Å². The van der Waals surface area contributed by atoms with Crippen LogP contribution in [0.15, 0.2) is 24.4 Å². The van der Waals surface area contributed by atoms with Gasteiger partial charge in [-0.05, 0) is 43.9 Å². The first kappa shape index (κ1) is 12.6. The van der Waals surface area contributed by atoms with Gasteiger partial charge in [0.05, 0.1) is 6.04 Å². The molecule has 2 N–H and O–H groups in total. The summed E-state index contributed by atoms with van der Waals surface area (Å²) in [6.45, 7) is 4.23. The fraction of sp³-hybridized carbons (Fsp3) is 0.400. The Labute approximate surface area is 117 Å². The summed E-state index contributed by atoms with van der Waals surface area (Å²) in [5.41, 5.74) is 2.34. The lowest BCUT2D eigenvalue weighted by molar-refractivity contribution is 0.464. The van der Waals surface area contributed by atoms with Crippen LogP contribution in [-0.4, -0.2) is 10.1 Å². The topological polar surface area (TPSA) is 45.2 Å². The highest BCUT2D eigenvalue weighted by Gasteiger charge is 2.26. The van der Waals surface area contributed by atoms with Crippen LogP contribution in [0.4, 0.5) is 0 Å². The van der Waals surface area contributed by atoms with Crippen LogP contribution in [0, 0.1) is 6.92 Å². The van der Waals surface area contributed by atoms with Crippen LogP contribution >= 0.6 is 11.3 Å². The fourth-order valence-electron chi connectivity index (χ4n) is 2.75. The Kier molecular flexibility index (Phi) is 3.29. The molecule has 100 valence electrons. The fourth-order valence-corrected chi connectivity index (χ4v) is 3.54. The van der Waals surface area contributed by atoms with E-state index in [9.17, 15) is 5.11 Å². The molecule has 0 amide bonds. The largest absolute Gasteiger partial charge is 0.508 e. The molecule has 0 bridgehead atoms. The van der Waals surface area contributed by atoms with Crippen LogP contribution in [0.3, 0.4) is 0 Å². The van der Waals surface area contributed by atoms with E-state index in [1.807, 2.05) is 12.3 Å². The van der Waals surface area contributed by atoms with Gasteiger partial charge >= 0.3 is 0 Å². The molecule has 19 heavy (non-hydrogen) atoms. The maximum atomic E-state index is 9.87. The summed E-state index contributed by atoms with van der Waals surface area (Å²) in [4.78, 5) is 5.68. The average molecular weight is 274 g/mol. The second-order valence-electron chi connectivity index (χ2n) is 5.13. The number of aromatic hydroxyl groups is 1. The number of aromatic nitrogens is 1. The SMILES string of the molecule is Cc1cnc(C(C)NC2CCc3c(O)cccc32)s1. The number of nitrogens with zero attached hydrogens (tertiary/aromatic N) is 1. The van der Waals surface area contributed by atoms with Crippen LogP contribution < -0.4 is 5.32 Å². The van der Waals surface area contributed by atoms with Gasteiger partial charge in [-0.15, -0.1) is 11.3 Å². The molecule has 1 aliphatic rings. The van der Waals surface area contributed by atoms with Crippen LogP contribution in [-0.2, 0) is 6.42 Å². The Morgan fingerprint density at radius 3 is 3.05 bits per heavy atom. The number of aryl methyl sites for hydroxylation is 1. The van der Waals surface area contributed by atoms with Gasteiger partial charge in [0.2, 0.25) is 0 Å². The lowest BCUT2D eigenvalue weighted by atomic mass is 10.1. The van der Waals surface area contributed by atoms with Gasteiger partial charge in [0.15, 0.2) is 0 Å². The standard InChI is InChI=1S/C15H18N2OS/c1-9-8-16-15(19-9)10(2)17-13-7-6-12-11(13)4-3-5-14(12)18/h3-5,8,10,13,17-18H,6-7H2,1-2H3. The molecule has 0 spiro atoms. The van der Waals surface area contributed by atoms with Crippen LogP contribution in [0.25, 0.3) is 0 Å². The van der Waals surface area contributed by atoms with Crippen molar-refractivity contribution in [1.82, 2.24) is 10.3 Å². The summed E-state index contributed by atoms with van der Waals surface area (Å²) in [5.74, 6) is 0.430. The summed E-state index contributed by atoms with van der Waals surface area (Å²) in [5, 5.41) is 14.6. The van der Waals surface area contributed by atoms with Crippen LogP contribution in [0.2, 0.25) is 0 Å².